The van der Waals surface area contributed by atoms with Crippen molar-refractivity contribution >= 4 is 27.5 Å². The van der Waals surface area contributed by atoms with Crippen LogP contribution in [-0.2, 0) is 11.3 Å². The molecule has 0 saturated heterocycles. The molecule has 0 N–H and O–H groups in total. The van der Waals surface area contributed by atoms with Gasteiger partial charge in [-0.2, -0.15) is 4.99 Å². The lowest BCUT2D eigenvalue weighted by molar-refractivity contribution is 0.0996. The van der Waals surface area contributed by atoms with Crippen molar-refractivity contribution in [2.75, 3.05) is 20.3 Å². The lowest BCUT2D eigenvalue weighted by Crippen LogP contribution is -2.19. The van der Waals surface area contributed by atoms with Crippen LogP contribution in [0.15, 0.2) is 41.4 Å². The number of hydrogen-bond donors (Lipinski definition) is 0. The second-order valence-corrected chi connectivity index (χ2v) is 7.29. The van der Waals surface area contributed by atoms with Gasteiger partial charge >= 0.3 is 0 Å². The highest BCUT2D eigenvalue weighted by Crippen LogP contribution is 2.22. The van der Waals surface area contributed by atoms with Gasteiger partial charge in [0.2, 0.25) is 0 Å². The molecule has 1 aromatic heterocycles. The molecule has 0 radical (unpaired) electrons. The SMILES string of the molecule is CCOCCn1c(=NC(=O)c2ccc(OC)cc2)sc2cc(C)c(C)cc21. The molecule has 0 aliphatic heterocycles. The molecule has 3 rings (SSSR count). The molecule has 0 aliphatic carbocycles. The topological polar surface area (TPSA) is 52.8 Å². The van der Waals surface area contributed by atoms with Crippen molar-refractivity contribution in [3.63, 3.8) is 0 Å². The number of amides is 1. The molecule has 0 bridgehead atoms. The maximum Gasteiger partial charge on any atom is 0.279 e. The van der Waals surface area contributed by atoms with Gasteiger partial charge in [-0.1, -0.05) is 11.3 Å². The Labute approximate surface area is 162 Å². The van der Waals surface area contributed by atoms with Gasteiger partial charge in [0.25, 0.3) is 5.91 Å². The van der Waals surface area contributed by atoms with Gasteiger partial charge in [0.05, 0.1) is 23.9 Å². The number of aryl methyl sites for hydroxylation is 2. The van der Waals surface area contributed by atoms with Crippen LogP contribution in [0.5, 0.6) is 5.75 Å². The zero-order chi connectivity index (χ0) is 19.4. The zero-order valence-electron chi connectivity index (χ0n) is 16.1. The number of aromatic nitrogens is 1. The third-order valence-electron chi connectivity index (χ3n) is 4.50. The van der Waals surface area contributed by atoms with Crippen molar-refractivity contribution in [1.29, 1.82) is 0 Å². The number of hydrogen-bond acceptors (Lipinski definition) is 4. The number of carbonyl (C=O) groups excluding carboxylic acids is 1. The predicted octanol–water partition coefficient (Wildman–Crippen LogP) is 4.11. The van der Waals surface area contributed by atoms with Crippen LogP contribution in [0.4, 0.5) is 0 Å². The Morgan fingerprint density at radius 2 is 1.85 bits per heavy atom. The number of thiazole rings is 1. The van der Waals surface area contributed by atoms with Crippen molar-refractivity contribution in [3.05, 3.63) is 57.9 Å². The van der Waals surface area contributed by atoms with Gasteiger partial charge in [0.15, 0.2) is 4.80 Å². The molecule has 5 nitrogen and oxygen atoms in total. The minimum absolute atomic E-state index is 0.261. The molecule has 0 unspecified atom stereocenters. The number of nitrogens with zero attached hydrogens (tertiary/aromatic N) is 2. The van der Waals surface area contributed by atoms with Crippen LogP contribution in [0.2, 0.25) is 0 Å². The monoisotopic (exact) mass is 384 g/mol. The van der Waals surface area contributed by atoms with E-state index in [1.165, 1.54) is 22.5 Å². The van der Waals surface area contributed by atoms with Crippen molar-refractivity contribution in [3.8, 4) is 5.75 Å². The fourth-order valence-corrected chi connectivity index (χ4v) is 3.94. The summed E-state index contributed by atoms with van der Waals surface area (Å²) in [6, 6.07) is 11.3. The maximum absolute atomic E-state index is 12.7. The molecule has 2 aromatic carbocycles. The van der Waals surface area contributed by atoms with Crippen LogP contribution < -0.4 is 9.54 Å². The van der Waals surface area contributed by atoms with Gasteiger partial charge < -0.3 is 14.0 Å². The Hall–Kier alpha value is -2.44. The van der Waals surface area contributed by atoms with Crippen molar-refractivity contribution in [2.45, 2.75) is 27.3 Å². The summed E-state index contributed by atoms with van der Waals surface area (Å²) in [7, 11) is 1.60. The number of ether oxygens (including phenoxy) is 2. The molecule has 0 spiro atoms. The van der Waals surface area contributed by atoms with E-state index in [0.717, 1.165) is 10.2 Å². The molecule has 0 fully saturated rings. The smallest absolute Gasteiger partial charge is 0.279 e. The third-order valence-corrected chi connectivity index (χ3v) is 5.54. The van der Waals surface area contributed by atoms with Gasteiger partial charge in [-0.25, -0.2) is 0 Å². The Morgan fingerprint density at radius 3 is 2.52 bits per heavy atom. The Morgan fingerprint density at radius 1 is 1.15 bits per heavy atom. The molecule has 1 heterocycles. The minimum atomic E-state index is -0.261. The van der Waals surface area contributed by atoms with Crippen molar-refractivity contribution in [2.24, 2.45) is 4.99 Å². The van der Waals surface area contributed by atoms with E-state index in [1.54, 1.807) is 31.4 Å². The van der Waals surface area contributed by atoms with E-state index in [-0.39, 0.29) is 5.91 Å². The summed E-state index contributed by atoms with van der Waals surface area (Å²) in [6.45, 7) is 8.07. The highest BCUT2D eigenvalue weighted by atomic mass is 32.1. The first-order valence-electron chi connectivity index (χ1n) is 8.95. The van der Waals surface area contributed by atoms with E-state index in [1.807, 2.05) is 6.92 Å². The summed E-state index contributed by atoms with van der Waals surface area (Å²) in [5.41, 5.74) is 4.08. The summed E-state index contributed by atoms with van der Waals surface area (Å²) >= 11 is 1.53. The molecular formula is C21H24N2O3S. The highest BCUT2D eigenvalue weighted by molar-refractivity contribution is 7.16. The van der Waals surface area contributed by atoms with Gasteiger partial charge in [-0.05, 0) is 68.3 Å². The number of fused-ring (bicyclic) bond motifs is 1. The number of rotatable bonds is 6. The molecule has 0 atom stereocenters. The number of benzene rings is 2. The lowest BCUT2D eigenvalue weighted by atomic mass is 10.1. The van der Waals surface area contributed by atoms with Crippen molar-refractivity contribution in [1.82, 2.24) is 4.57 Å². The van der Waals surface area contributed by atoms with E-state index in [4.69, 9.17) is 9.47 Å². The largest absolute Gasteiger partial charge is 0.497 e. The summed E-state index contributed by atoms with van der Waals surface area (Å²) < 4.78 is 13.9. The average Bonchev–Trinajstić information content (AvgIpc) is 2.98. The molecule has 1 amide bonds. The Balaban J connectivity index is 2.05. The molecule has 27 heavy (non-hydrogen) atoms. The fraction of sp³-hybridized carbons (Fsp3) is 0.333. The molecule has 6 heteroatoms. The first-order chi connectivity index (χ1) is 13.0. The molecule has 0 saturated carbocycles. The van der Waals surface area contributed by atoms with Crippen LogP contribution >= 0.6 is 11.3 Å². The third kappa shape index (κ3) is 4.28. The molecule has 3 aromatic rings. The maximum atomic E-state index is 12.7. The molecule has 142 valence electrons. The average molecular weight is 385 g/mol. The fourth-order valence-electron chi connectivity index (χ4n) is 2.81. The first kappa shape index (κ1) is 19.3. The lowest BCUT2D eigenvalue weighted by Gasteiger charge is -2.07. The standard InChI is InChI=1S/C21H24N2O3S/c1-5-26-11-10-23-18-12-14(2)15(3)13-19(18)27-21(23)22-20(24)16-6-8-17(25-4)9-7-16/h6-9,12-13H,5,10-11H2,1-4H3. The van der Waals surface area contributed by atoms with Gasteiger partial charge in [-0.15, -0.1) is 0 Å². The normalized spacial score (nSPS) is 11.9. The van der Waals surface area contributed by atoms with E-state index in [2.05, 4.69) is 35.5 Å². The van der Waals surface area contributed by atoms with Crippen LogP contribution in [-0.4, -0.2) is 30.8 Å². The molecular weight excluding hydrogens is 360 g/mol. The first-order valence-corrected chi connectivity index (χ1v) is 9.76. The van der Waals surface area contributed by atoms with Crippen LogP contribution in [0.25, 0.3) is 10.2 Å². The van der Waals surface area contributed by atoms with E-state index in [0.29, 0.717) is 35.9 Å². The summed E-state index contributed by atoms with van der Waals surface area (Å²) in [4.78, 5) is 17.8. The van der Waals surface area contributed by atoms with Crippen LogP contribution in [0, 0.1) is 13.8 Å². The van der Waals surface area contributed by atoms with Crippen LogP contribution in [0.1, 0.15) is 28.4 Å². The van der Waals surface area contributed by atoms with Gasteiger partial charge in [0, 0.05) is 18.7 Å². The van der Waals surface area contributed by atoms with Gasteiger partial charge in [-0.3, -0.25) is 4.79 Å². The van der Waals surface area contributed by atoms with Crippen LogP contribution in [0.3, 0.4) is 0 Å². The zero-order valence-corrected chi connectivity index (χ0v) is 16.9. The van der Waals surface area contributed by atoms with E-state index < -0.39 is 0 Å². The predicted molar refractivity (Wildman–Crippen MR) is 109 cm³/mol. The quantitative estimate of drug-likeness (QED) is 0.601. The highest BCUT2D eigenvalue weighted by Gasteiger charge is 2.11. The second-order valence-electron chi connectivity index (χ2n) is 6.28. The number of carbonyl (C=O) groups is 1. The summed E-state index contributed by atoms with van der Waals surface area (Å²) in [6.07, 6.45) is 0. The second kappa shape index (κ2) is 8.50. The van der Waals surface area contributed by atoms with Crippen molar-refractivity contribution < 1.29 is 14.3 Å². The molecule has 0 aliphatic rings. The van der Waals surface area contributed by atoms with E-state index in [9.17, 15) is 4.79 Å². The van der Waals surface area contributed by atoms with Gasteiger partial charge in [0.1, 0.15) is 5.75 Å². The Kier molecular flexibility index (Phi) is 6.08. The number of methoxy groups -OCH3 is 1. The van der Waals surface area contributed by atoms with E-state index >= 15 is 0 Å². The minimum Gasteiger partial charge on any atom is -0.497 e. The Bertz CT molecular complexity index is 1020. The summed E-state index contributed by atoms with van der Waals surface area (Å²) in [5.74, 6) is 0.453. The summed E-state index contributed by atoms with van der Waals surface area (Å²) in [5, 5.41) is 0.